The minimum absolute atomic E-state index is 0.0507. The topological polar surface area (TPSA) is 659 Å². The molecule has 4 aliphatic heterocycles. The van der Waals surface area contributed by atoms with E-state index < -0.39 is 261 Å². The van der Waals surface area contributed by atoms with Crippen molar-refractivity contribution in [3.05, 3.63) is 95.8 Å². The number of H-pyrrole nitrogens is 1. The van der Waals surface area contributed by atoms with E-state index in [1.165, 1.54) is 45.0 Å². The molecule has 15 amide bonds. The Morgan fingerprint density at radius 3 is 1.85 bits per heavy atom. The number of aromatic nitrogens is 2. The lowest BCUT2D eigenvalue weighted by atomic mass is 9.95. The Labute approximate surface area is 783 Å². The smallest absolute Gasteiger partial charge is 0.323 e. The first kappa shape index (κ1) is 106. The van der Waals surface area contributed by atoms with Crippen LogP contribution in [0, 0.1) is 0 Å². The van der Waals surface area contributed by atoms with Gasteiger partial charge in [0.15, 0.2) is 0 Å². The molecule has 45 heteroatoms. The molecule has 2 bridgehead atoms. The van der Waals surface area contributed by atoms with Gasteiger partial charge in [0.05, 0.1) is 43.7 Å². The summed E-state index contributed by atoms with van der Waals surface area (Å²) in [6, 6.07) is -3.34. The Bertz CT molecular complexity index is 5130. The number of unbranched alkanes of at least 4 members (excludes halogenated alkanes) is 3. The Morgan fingerprint density at radius 2 is 1.18 bits per heavy atom. The molecular weight excluding hydrogens is 1780 g/mol. The number of primary amides is 1. The first-order valence-corrected chi connectivity index (χ1v) is 46.6. The first-order valence-electron chi connectivity index (χ1n) is 45.4. The number of likely N-dealkylation sites (N-methyl/N-ethyl adjacent to an activating group) is 2. The number of thioether (sulfide) groups is 1. The van der Waals surface area contributed by atoms with E-state index in [2.05, 4.69) is 58.2 Å². The zero-order valence-electron chi connectivity index (χ0n) is 76.6. The molecule has 0 aliphatic carbocycles. The largest absolute Gasteiger partial charge is 0.497 e. The summed E-state index contributed by atoms with van der Waals surface area (Å²) in [4.78, 5) is 269. The highest BCUT2D eigenvalue weighted by Gasteiger charge is 2.48. The highest BCUT2D eigenvalue weighted by Crippen LogP contribution is 2.35. The third kappa shape index (κ3) is 28.4. The molecule has 3 aromatic carbocycles. The first-order chi connectivity index (χ1) is 64.4. The number of hydrogen-bond donors (Lipinski definition) is 19. The summed E-state index contributed by atoms with van der Waals surface area (Å²) in [5, 5.41) is 69.9. The maximum absolute atomic E-state index is 15.9. The molecule has 5 aromatic rings. The summed E-state index contributed by atoms with van der Waals surface area (Å²) < 4.78 is 6.92. The summed E-state index contributed by atoms with van der Waals surface area (Å²) >= 11 is 0.927. The van der Waals surface area contributed by atoms with Crippen molar-refractivity contribution in [2.45, 2.75) is 240 Å². The van der Waals surface area contributed by atoms with Gasteiger partial charge in [-0.05, 0) is 113 Å². The van der Waals surface area contributed by atoms with Gasteiger partial charge in [0.1, 0.15) is 90.8 Å². The molecule has 0 unspecified atom stereocenters. The van der Waals surface area contributed by atoms with Crippen LogP contribution < -0.4 is 85.7 Å². The maximum Gasteiger partial charge on any atom is 0.323 e. The number of carboxylic acids is 3. The van der Waals surface area contributed by atoms with Gasteiger partial charge in [0.2, 0.25) is 82.7 Å². The molecule has 0 spiro atoms. The van der Waals surface area contributed by atoms with Crippen LogP contribution in [-0.2, 0) is 112 Å². The average Bonchev–Trinajstić information content (AvgIpc) is 1.44. The summed E-state index contributed by atoms with van der Waals surface area (Å²) in [7, 11) is 3.98. The number of carbonyl (C=O) groups is 18. The Hall–Kier alpha value is -12.9. The number of nitrogens with zero attached hydrogens (tertiary/aromatic N) is 6. The third-order valence-corrected chi connectivity index (χ3v) is 25.6. The number of nitrogens with two attached hydrogens (primary N) is 4. The molecule has 135 heavy (non-hydrogen) atoms. The van der Waals surface area contributed by atoms with Crippen LogP contribution in [0.3, 0.4) is 0 Å². The number of aromatic amines is 1. The lowest BCUT2D eigenvalue weighted by Gasteiger charge is -2.38. The van der Waals surface area contributed by atoms with E-state index in [1.807, 2.05) is 13.8 Å². The zero-order chi connectivity index (χ0) is 98.6. The van der Waals surface area contributed by atoms with Crippen molar-refractivity contribution >= 4 is 146 Å². The van der Waals surface area contributed by atoms with Gasteiger partial charge < -0.3 is 130 Å². The molecule has 4 aliphatic rings. The number of carboxylic acid groups (broad SMARTS) is 3. The molecule has 0 radical (unpaired) electrons. The second kappa shape index (κ2) is 50.5. The quantitative estimate of drug-likeness (QED) is 0.0211. The molecule has 0 saturated carbocycles. The molecule has 2 aromatic heterocycles. The van der Waals surface area contributed by atoms with Crippen molar-refractivity contribution in [2.75, 3.05) is 83.4 Å². The van der Waals surface area contributed by atoms with Gasteiger partial charge in [-0.15, -0.1) is 11.8 Å². The number of aliphatic hydroxyl groups is 1. The Morgan fingerprint density at radius 1 is 0.570 bits per heavy atom. The number of amides is 15. The fourth-order valence-corrected chi connectivity index (χ4v) is 18.2. The van der Waals surface area contributed by atoms with Crippen molar-refractivity contribution in [1.29, 1.82) is 0 Å². The van der Waals surface area contributed by atoms with Crippen LogP contribution in [0.5, 0.6) is 5.75 Å². The lowest BCUT2D eigenvalue weighted by molar-refractivity contribution is -0.149. The Kier molecular flexibility index (Phi) is 39.6. The monoisotopic (exact) mass is 1900 g/mol. The van der Waals surface area contributed by atoms with Gasteiger partial charge in [0.25, 0.3) is 5.91 Å². The number of carbonyl (C=O) groups excluding carboxylic acids is 15. The van der Waals surface area contributed by atoms with Crippen LogP contribution in [0.2, 0.25) is 0 Å². The number of fused-ring (bicyclic) bond motifs is 8. The highest BCUT2D eigenvalue weighted by atomic mass is 32.2. The lowest BCUT2D eigenvalue weighted by Crippen LogP contribution is -2.62. The molecule has 23 N–H and O–H groups in total. The van der Waals surface area contributed by atoms with Gasteiger partial charge in [-0.1, -0.05) is 82.0 Å². The van der Waals surface area contributed by atoms with Crippen LogP contribution in [0.1, 0.15) is 140 Å². The number of ether oxygens (including phenoxy) is 1. The van der Waals surface area contributed by atoms with E-state index >= 15 is 33.6 Å². The van der Waals surface area contributed by atoms with Crippen molar-refractivity contribution in [2.24, 2.45) is 22.9 Å². The fraction of sp³-hybridized carbons (Fsp3) is 0.556. The SMILES string of the molecule is CCCC[C@H]1C(=O)N(C)[C@@H](CCCC)C(=O)N[C@@H](CCC(=O)O)C(=O)N[C@H](CNCC(N)=O)CSCC(=O)N[C@H]2Cc3ccc(OC)cc3N(C2=O)[C@@H](C)C(=O)N[C@@H](CC(=O)O)C(=O)N2CCC[C@H]2C(=O)N[C@@H](CN)C(=O)N[C@@H](CCCCN)C(=O)N2C[C@H](O)C[C@H]2C(=O)N[C@@H](Cc2c[nH]c3ccccc23)C(=O)N[C@@H](CCN)C(=O)N[C@@H](Cc2cn(CC(=O)O)c3ccccc23)C(=O)N1C. The van der Waals surface area contributed by atoms with E-state index in [-0.39, 0.29) is 101 Å². The van der Waals surface area contributed by atoms with Crippen LogP contribution in [0.4, 0.5) is 5.69 Å². The number of para-hydroxylation sites is 2. The normalized spacial score (nSPS) is 25.0. The van der Waals surface area contributed by atoms with Crippen molar-refractivity contribution in [1.82, 2.24) is 82.3 Å². The van der Waals surface area contributed by atoms with Gasteiger partial charge in [-0.3, -0.25) is 91.2 Å². The summed E-state index contributed by atoms with van der Waals surface area (Å²) in [6.07, 6.45) is -0.249. The molecule has 9 rings (SSSR count). The molecule has 3 fully saturated rings. The second-order valence-corrected chi connectivity index (χ2v) is 35.4. The van der Waals surface area contributed by atoms with Gasteiger partial charge in [-0.2, -0.15) is 0 Å². The molecule has 6 heterocycles. The maximum atomic E-state index is 15.9. The Balaban J connectivity index is 1.11. The number of anilines is 1. The van der Waals surface area contributed by atoms with Crippen molar-refractivity contribution in [3.63, 3.8) is 0 Å². The van der Waals surface area contributed by atoms with E-state index in [9.17, 15) is 73.2 Å². The number of rotatable bonds is 29. The minimum Gasteiger partial charge on any atom is -0.497 e. The second-order valence-electron chi connectivity index (χ2n) is 34.3. The van der Waals surface area contributed by atoms with Crippen LogP contribution in [0.25, 0.3) is 21.8 Å². The highest BCUT2D eigenvalue weighted by molar-refractivity contribution is 8.00. The molecule has 3 saturated heterocycles. The fourth-order valence-electron chi connectivity index (χ4n) is 17.4. The van der Waals surface area contributed by atoms with E-state index in [0.717, 1.165) is 36.3 Å². The van der Waals surface area contributed by atoms with Gasteiger partial charge in [0, 0.05) is 118 Å². The number of benzene rings is 3. The number of methoxy groups -OCH3 is 1. The predicted octanol–water partition coefficient (Wildman–Crippen LogP) is -3.07. The number of nitrogens with one attached hydrogen (secondary N) is 11. The number of aliphatic carboxylic acids is 3. The molecule has 736 valence electrons. The van der Waals surface area contributed by atoms with Gasteiger partial charge >= 0.3 is 17.9 Å². The third-order valence-electron chi connectivity index (χ3n) is 24.5. The van der Waals surface area contributed by atoms with Crippen LogP contribution in [-0.4, -0.2) is 325 Å². The summed E-state index contributed by atoms with van der Waals surface area (Å²) in [5.74, 6) is -18.5. The summed E-state index contributed by atoms with van der Waals surface area (Å²) in [6.45, 7) is 2.33. The van der Waals surface area contributed by atoms with Crippen LogP contribution >= 0.6 is 11.8 Å². The van der Waals surface area contributed by atoms with E-state index in [1.54, 1.807) is 66.9 Å². The summed E-state index contributed by atoms with van der Waals surface area (Å²) in [5.41, 5.74) is 26.3. The van der Waals surface area contributed by atoms with Crippen molar-refractivity contribution in [3.8, 4) is 5.75 Å². The van der Waals surface area contributed by atoms with E-state index in [0.29, 0.717) is 70.6 Å². The minimum atomic E-state index is -1.91. The standard InChI is InChI=1S/C90H127N21O23S/c1-7-9-22-68-83(126)100-59(28-29-75(115)116)79(122)97-53(42-95-43-73(94)113)47-135-48-74(114)98-64-34-50-26-27-55(134-6)38-71(50)111(89(64)132)49(3)78(121)103-65(39-76(117)118)88(131)109-33-17-25-69(109)84(127)105-66(40-93)82(125)101-61(21-15-16-31-91)87(130)110-45-54(112)37-72(110)85(128)102-62(35-51-41-96-58-20-13-11-18-56(51)58)81(124)99-60(30-32-92)80(123)104-63(86(129)107(5)70(23-10-8-2)90(133)106(68)4)36-52-44-108(46-77(119)120)67-24-14-12-19-57(52)67/h11-14,18-20,24,26-27,38,41,44,49,53-54,59-66,68-70,72,95-96,112H,7-10,15-17,21-23,25,28-37,39-40,42-43,45-48,91-93H2,1-6H3,(H2,94,113)(H,97,122)(H,98,114)(H,99,124)(H,100,126)(H,101,125)(H,102,128)(H,103,121)(H,104,123)(H,105,127)(H,115,116)(H,117,118)(H,119,120)/t49-,53+,54+,59-,60-,61-,62-,63-,64-,65-,66-,68-,69-,70-,72-/m0/s1. The number of aliphatic hydroxyl groups excluding tert-OH is 1. The molecular formula is C90H127N21O23S. The predicted molar refractivity (Wildman–Crippen MR) is 493 cm³/mol. The molecule has 15 atom stereocenters. The van der Waals surface area contributed by atoms with Crippen LogP contribution in [0.15, 0.2) is 79.1 Å². The number of hydrogen-bond acceptors (Lipinski definition) is 25. The zero-order valence-corrected chi connectivity index (χ0v) is 77.4. The van der Waals surface area contributed by atoms with Gasteiger partial charge in [-0.25, -0.2) is 0 Å². The van der Waals surface area contributed by atoms with E-state index in [4.69, 9.17) is 27.7 Å². The molecule has 44 nitrogen and oxygen atoms in total. The van der Waals surface area contributed by atoms with Crippen molar-refractivity contribution < 1.29 is 111 Å². The average molecular weight is 1900 g/mol.